The second-order valence-electron chi connectivity index (χ2n) is 3.76. The summed E-state index contributed by atoms with van der Waals surface area (Å²) in [7, 11) is 0. The fourth-order valence-electron chi connectivity index (χ4n) is 2.10. The van der Waals surface area contributed by atoms with Crippen molar-refractivity contribution in [3.63, 3.8) is 0 Å². The Bertz CT molecular complexity index is 319. The van der Waals surface area contributed by atoms with Crippen molar-refractivity contribution in [2.75, 3.05) is 6.54 Å². The van der Waals surface area contributed by atoms with Gasteiger partial charge in [-0.3, -0.25) is 0 Å². The fraction of sp³-hybridized carbons (Fsp3) is 0.600. The molecular weight excluding hydrogens is 166 g/mol. The maximum atomic E-state index is 10.2. The second-order valence-corrected chi connectivity index (χ2v) is 3.76. The van der Waals surface area contributed by atoms with E-state index in [0.29, 0.717) is 13.0 Å². The van der Waals surface area contributed by atoms with Crippen LogP contribution in [0.3, 0.4) is 0 Å². The van der Waals surface area contributed by atoms with Gasteiger partial charge in [-0.05, 0) is 32.4 Å². The quantitative estimate of drug-likeness (QED) is 0.717. The van der Waals surface area contributed by atoms with E-state index >= 15 is 0 Å². The summed E-state index contributed by atoms with van der Waals surface area (Å²) < 4.78 is 5.47. The SMILES string of the molecule is Cc1cc2c(o1)CCC2(O)CCN. The van der Waals surface area contributed by atoms with Crippen LogP contribution in [0.2, 0.25) is 0 Å². The van der Waals surface area contributed by atoms with E-state index < -0.39 is 5.60 Å². The molecule has 0 bridgehead atoms. The molecule has 3 nitrogen and oxygen atoms in total. The van der Waals surface area contributed by atoms with Crippen molar-refractivity contribution in [1.82, 2.24) is 0 Å². The highest BCUT2D eigenvalue weighted by Gasteiger charge is 2.38. The third-order valence-electron chi connectivity index (χ3n) is 2.76. The van der Waals surface area contributed by atoms with Crippen LogP contribution >= 0.6 is 0 Å². The van der Waals surface area contributed by atoms with Gasteiger partial charge in [0.2, 0.25) is 0 Å². The molecule has 0 amide bonds. The fourth-order valence-corrected chi connectivity index (χ4v) is 2.10. The molecule has 1 atom stereocenters. The van der Waals surface area contributed by atoms with Crippen LogP contribution in [-0.4, -0.2) is 11.7 Å². The van der Waals surface area contributed by atoms with Gasteiger partial charge in [0, 0.05) is 12.0 Å². The molecule has 0 spiro atoms. The number of rotatable bonds is 2. The van der Waals surface area contributed by atoms with Gasteiger partial charge in [0.25, 0.3) is 0 Å². The number of hydrogen-bond donors (Lipinski definition) is 2. The van der Waals surface area contributed by atoms with E-state index in [4.69, 9.17) is 10.2 Å². The van der Waals surface area contributed by atoms with Gasteiger partial charge in [0.1, 0.15) is 11.5 Å². The summed E-state index contributed by atoms with van der Waals surface area (Å²) >= 11 is 0. The van der Waals surface area contributed by atoms with Crippen LogP contribution in [-0.2, 0) is 12.0 Å². The Labute approximate surface area is 77.5 Å². The van der Waals surface area contributed by atoms with Crippen molar-refractivity contribution < 1.29 is 9.52 Å². The molecule has 3 N–H and O–H groups in total. The van der Waals surface area contributed by atoms with Crippen molar-refractivity contribution in [3.05, 3.63) is 23.2 Å². The number of furan rings is 1. The van der Waals surface area contributed by atoms with Gasteiger partial charge in [-0.1, -0.05) is 0 Å². The largest absolute Gasteiger partial charge is 0.466 e. The van der Waals surface area contributed by atoms with E-state index in [2.05, 4.69) is 0 Å². The maximum absolute atomic E-state index is 10.2. The summed E-state index contributed by atoms with van der Waals surface area (Å²) in [6.45, 7) is 2.42. The van der Waals surface area contributed by atoms with Crippen LogP contribution in [0, 0.1) is 6.92 Å². The molecule has 1 aliphatic carbocycles. The monoisotopic (exact) mass is 181 g/mol. The molecule has 1 unspecified atom stereocenters. The van der Waals surface area contributed by atoms with E-state index in [1.54, 1.807) is 0 Å². The van der Waals surface area contributed by atoms with Gasteiger partial charge in [0.15, 0.2) is 0 Å². The Balaban J connectivity index is 2.35. The van der Waals surface area contributed by atoms with Crippen LogP contribution in [0.15, 0.2) is 10.5 Å². The summed E-state index contributed by atoms with van der Waals surface area (Å²) in [5.41, 5.74) is 5.70. The van der Waals surface area contributed by atoms with Crippen molar-refractivity contribution in [2.45, 2.75) is 31.8 Å². The van der Waals surface area contributed by atoms with E-state index in [1.165, 1.54) is 0 Å². The molecule has 1 heterocycles. The molecule has 1 aromatic rings. The zero-order chi connectivity index (χ0) is 9.47. The second kappa shape index (κ2) is 2.86. The molecule has 13 heavy (non-hydrogen) atoms. The predicted molar refractivity (Wildman–Crippen MR) is 49.3 cm³/mol. The highest BCUT2D eigenvalue weighted by Crippen LogP contribution is 2.40. The van der Waals surface area contributed by atoms with Crippen molar-refractivity contribution in [3.8, 4) is 0 Å². The molecular formula is C10H15NO2. The molecule has 1 aromatic heterocycles. The predicted octanol–water partition coefficient (Wildman–Crippen LogP) is 1.07. The topological polar surface area (TPSA) is 59.4 Å². The lowest BCUT2D eigenvalue weighted by molar-refractivity contribution is 0.0321. The number of nitrogens with two attached hydrogens (primary N) is 1. The van der Waals surface area contributed by atoms with Gasteiger partial charge >= 0.3 is 0 Å². The van der Waals surface area contributed by atoms with E-state index in [9.17, 15) is 5.11 Å². The molecule has 0 fully saturated rings. The third kappa shape index (κ3) is 1.28. The van der Waals surface area contributed by atoms with E-state index in [-0.39, 0.29) is 0 Å². The molecule has 1 aliphatic rings. The molecule has 0 aromatic carbocycles. The normalized spacial score (nSPS) is 26.4. The van der Waals surface area contributed by atoms with Crippen LogP contribution in [0.4, 0.5) is 0 Å². The first-order chi connectivity index (χ1) is 6.15. The standard InChI is InChI=1S/C10H15NO2/c1-7-6-8-9(13-7)2-3-10(8,12)4-5-11/h6,12H,2-5,11H2,1H3. The summed E-state index contributed by atoms with van der Waals surface area (Å²) in [4.78, 5) is 0. The van der Waals surface area contributed by atoms with Gasteiger partial charge < -0.3 is 15.3 Å². The lowest BCUT2D eigenvalue weighted by atomic mass is 9.94. The molecule has 0 aliphatic heterocycles. The lowest BCUT2D eigenvalue weighted by Crippen LogP contribution is -2.25. The first kappa shape index (κ1) is 8.78. The van der Waals surface area contributed by atoms with Crippen LogP contribution in [0.25, 0.3) is 0 Å². The Morgan fingerprint density at radius 2 is 2.46 bits per heavy atom. The van der Waals surface area contributed by atoms with Crippen LogP contribution < -0.4 is 5.73 Å². The number of fused-ring (bicyclic) bond motifs is 1. The average molecular weight is 181 g/mol. The summed E-state index contributed by atoms with van der Waals surface area (Å²) in [5.74, 6) is 1.81. The highest BCUT2D eigenvalue weighted by atomic mass is 16.3. The van der Waals surface area contributed by atoms with E-state index in [1.807, 2.05) is 13.0 Å². The maximum Gasteiger partial charge on any atom is 0.110 e. The zero-order valence-corrected chi connectivity index (χ0v) is 7.84. The Morgan fingerprint density at radius 3 is 3.15 bits per heavy atom. The van der Waals surface area contributed by atoms with Gasteiger partial charge in [0.05, 0.1) is 5.60 Å². The van der Waals surface area contributed by atoms with Crippen molar-refractivity contribution in [2.24, 2.45) is 5.73 Å². The number of aliphatic hydroxyl groups is 1. The molecule has 72 valence electrons. The Morgan fingerprint density at radius 1 is 1.69 bits per heavy atom. The van der Waals surface area contributed by atoms with Crippen LogP contribution in [0.5, 0.6) is 0 Å². The minimum Gasteiger partial charge on any atom is -0.466 e. The summed E-state index contributed by atoms with van der Waals surface area (Å²) in [6, 6.07) is 1.93. The Hall–Kier alpha value is -0.800. The summed E-state index contributed by atoms with van der Waals surface area (Å²) in [5, 5.41) is 10.2. The third-order valence-corrected chi connectivity index (χ3v) is 2.76. The molecule has 0 saturated heterocycles. The zero-order valence-electron chi connectivity index (χ0n) is 7.84. The molecule has 2 rings (SSSR count). The van der Waals surface area contributed by atoms with E-state index in [0.717, 1.165) is 29.9 Å². The van der Waals surface area contributed by atoms with Crippen LogP contribution in [0.1, 0.15) is 29.9 Å². The summed E-state index contributed by atoms with van der Waals surface area (Å²) in [6.07, 6.45) is 2.21. The molecule has 3 heteroatoms. The van der Waals surface area contributed by atoms with Crippen molar-refractivity contribution >= 4 is 0 Å². The first-order valence-corrected chi connectivity index (χ1v) is 4.68. The van der Waals surface area contributed by atoms with Gasteiger partial charge in [-0.15, -0.1) is 0 Å². The number of aryl methyl sites for hydroxylation is 2. The first-order valence-electron chi connectivity index (χ1n) is 4.68. The van der Waals surface area contributed by atoms with Gasteiger partial charge in [-0.25, -0.2) is 0 Å². The minimum atomic E-state index is -0.720. The minimum absolute atomic E-state index is 0.514. The Kier molecular flexibility index (Phi) is 1.93. The molecule has 0 saturated carbocycles. The lowest BCUT2D eigenvalue weighted by Gasteiger charge is -2.21. The van der Waals surface area contributed by atoms with Crippen molar-refractivity contribution in [1.29, 1.82) is 0 Å². The smallest absolute Gasteiger partial charge is 0.110 e. The van der Waals surface area contributed by atoms with Gasteiger partial charge in [-0.2, -0.15) is 0 Å². The molecule has 0 radical (unpaired) electrons. The average Bonchev–Trinajstić information content (AvgIpc) is 2.54. The highest BCUT2D eigenvalue weighted by molar-refractivity contribution is 5.32. The number of hydrogen-bond acceptors (Lipinski definition) is 3.